The maximum Gasteiger partial charge on any atom is 0.500 e. The lowest BCUT2D eigenvalue weighted by molar-refractivity contribution is 0.0701. The molecule has 0 aliphatic heterocycles. The van der Waals surface area contributed by atoms with Crippen LogP contribution < -0.4 is 10.6 Å². The molecule has 0 aromatic carbocycles. The van der Waals surface area contributed by atoms with Gasteiger partial charge in [-0.25, -0.2) is 4.79 Å². The summed E-state index contributed by atoms with van der Waals surface area (Å²) in [5, 5.41) is 5.76. The fourth-order valence-electron chi connectivity index (χ4n) is 3.08. The Bertz CT molecular complexity index is 364. The van der Waals surface area contributed by atoms with E-state index in [1.807, 2.05) is 41.5 Å². The van der Waals surface area contributed by atoms with Gasteiger partial charge in [0, 0.05) is 64.8 Å². The molecular formula is C19H44N2O7Si2. The van der Waals surface area contributed by atoms with Crippen LogP contribution in [0.2, 0.25) is 12.1 Å². The number of rotatable bonds is 20. The van der Waals surface area contributed by atoms with Crippen molar-refractivity contribution in [2.24, 2.45) is 0 Å². The Balaban J connectivity index is 4.27. The summed E-state index contributed by atoms with van der Waals surface area (Å²) in [7, 11) is -5.30. The summed E-state index contributed by atoms with van der Waals surface area (Å²) < 4.78 is 34.9. The minimum atomic E-state index is -2.65. The zero-order valence-corrected chi connectivity index (χ0v) is 21.8. The molecule has 0 aliphatic rings. The molecule has 0 spiro atoms. The Morgan fingerprint density at radius 1 is 0.567 bits per heavy atom. The van der Waals surface area contributed by atoms with E-state index in [2.05, 4.69) is 10.6 Å². The maximum absolute atomic E-state index is 12.1. The monoisotopic (exact) mass is 468 g/mol. The van der Waals surface area contributed by atoms with Crippen molar-refractivity contribution in [1.82, 2.24) is 10.6 Å². The van der Waals surface area contributed by atoms with Crippen LogP contribution in [0, 0.1) is 0 Å². The minimum Gasteiger partial charge on any atom is -0.374 e. The number of hydrogen-bond acceptors (Lipinski definition) is 7. The number of amides is 2. The van der Waals surface area contributed by atoms with Gasteiger partial charge in [0.05, 0.1) is 0 Å². The van der Waals surface area contributed by atoms with Gasteiger partial charge in [-0.15, -0.1) is 0 Å². The van der Waals surface area contributed by atoms with Gasteiger partial charge < -0.3 is 37.2 Å². The summed E-state index contributed by atoms with van der Waals surface area (Å²) in [6.07, 6.45) is 1.46. The predicted octanol–water partition coefficient (Wildman–Crippen LogP) is 3.16. The van der Waals surface area contributed by atoms with Crippen molar-refractivity contribution < 1.29 is 31.4 Å². The van der Waals surface area contributed by atoms with Gasteiger partial charge in [0.25, 0.3) is 0 Å². The molecule has 0 aromatic heterocycles. The molecule has 11 heteroatoms. The van der Waals surface area contributed by atoms with Crippen LogP contribution in [0.3, 0.4) is 0 Å². The summed E-state index contributed by atoms with van der Waals surface area (Å²) in [5.41, 5.74) is 0. The number of hydrogen-bond donors (Lipinski definition) is 2. The second kappa shape index (κ2) is 18.1. The van der Waals surface area contributed by atoms with Crippen LogP contribution in [0.15, 0.2) is 0 Å². The Morgan fingerprint density at radius 2 is 0.833 bits per heavy atom. The Hall–Kier alpha value is -0.536. The molecule has 0 bridgehead atoms. The van der Waals surface area contributed by atoms with Crippen molar-refractivity contribution in [3.8, 4) is 0 Å². The van der Waals surface area contributed by atoms with Crippen molar-refractivity contribution in [2.45, 2.75) is 66.5 Å². The standard InChI is InChI=1S/C19H44N2O7Si2/c1-7-23-29(24-8-2,25-9-3)17-13-15-20-19(22)21-16-14-18-30(26-10-4,27-11-5)28-12-6/h7-18H2,1-6H3,(H2,20,21,22). The third kappa shape index (κ3) is 12.3. The molecule has 2 N–H and O–H groups in total. The number of carbonyl (C=O) groups excluding carboxylic acids is 1. The van der Waals surface area contributed by atoms with Crippen LogP contribution in [0.4, 0.5) is 4.79 Å². The van der Waals surface area contributed by atoms with Gasteiger partial charge in [0.15, 0.2) is 0 Å². The summed E-state index contributed by atoms with van der Waals surface area (Å²) in [5.74, 6) is 0. The lowest BCUT2D eigenvalue weighted by Gasteiger charge is -2.28. The van der Waals surface area contributed by atoms with E-state index in [1.165, 1.54) is 0 Å². The predicted molar refractivity (Wildman–Crippen MR) is 122 cm³/mol. The van der Waals surface area contributed by atoms with Gasteiger partial charge >= 0.3 is 23.6 Å². The summed E-state index contributed by atoms with van der Waals surface area (Å²) >= 11 is 0. The van der Waals surface area contributed by atoms with Crippen molar-refractivity contribution in [1.29, 1.82) is 0 Å². The second-order valence-corrected chi connectivity index (χ2v) is 11.8. The van der Waals surface area contributed by atoms with Gasteiger partial charge in [-0.3, -0.25) is 0 Å². The highest BCUT2D eigenvalue weighted by Crippen LogP contribution is 2.18. The van der Waals surface area contributed by atoms with Crippen molar-refractivity contribution in [2.75, 3.05) is 52.7 Å². The fourth-order valence-corrected chi connectivity index (χ4v) is 8.30. The lowest BCUT2D eigenvalue weighted by atomic mass is 10.4. The van der Waals surface area contributed by atoms with E-state index in [0.29, 0.717) is 64.8 Å². The van der Waals surface area contributed by atoms with E-state index < -0.39 is 17.6 Å². The molecule has 0 aliphatic carbocycles. The largest absolute Gasteiger partial charge is 0.500 e. The first-order chi connectivity index (χ1) is 14.5. The number of nitrogens with one attached hydrogen (secondary N) is 2. The van der Waals surface area contributed by atoms with Gasteiger partial charge in [-0.2, -0.15) is 0 Å². The third-order valence-electron chi connectivity index (χ3n) is 4.08. The molecule has 0 atom stereocenters. The third-order valence-corrected chi connectivity index (χ3v) is 10.4. The van der Waals surface area contributed by atoms with E-state index in [-0.39, 0.29) is 6.03 Å². The van der Waals surface area contributed by atoms with Crippen LogP contribution in [-0.2, 0) is 26.6 Å². The van der Waals surface area contributed by atoms with Crippen molar-refractivity contribution in [3.05, 3.63) is 0 Å². The molecule has 0 heterocycles. The van der Waals surface area contributed by atoms with E-state index in [4.69, 9.17) is 26.6 Å². The molecule has 30 heavy (non-hydrogen) atoms. The average Bonchev–Trinajstić information content (AvgIpc) is 2.70. The molecule has 2 amide bonds. The minimum absolute atomic E-state index is 0.192. The van der Waals surface area contributed by atoms with E-state index in [1.54, 1.807) is 0 Å². The molecule has 0 rings (SSSR count). The topological polar surface area (TPSA) is 96.5 Å². The van der Waals surface area contributed by atoms with E-state index >= 15 is 0 Å². The average molecular weight is 469 g/mol. The Kier molecular flexibility index (Phi) is 17.8. The van der Waals surface area contributed by atoms with Gasteiger partial charge in [-0.1, -0.05) is 0 Å². The molecule has 0 unspecified atom stereocenters. The molecular weight excluding hydrogens is 424 g/mol. The van der Waals surface area contributed by atoms with Gasteiger partial charge in [0.1, 0.15) is 0 Å². The lowest BCUT2D eigenvalue weighted by Crippen LogP contribution is -2.47. The van der Waals surface area contributed by atoms with E-state index in [9.17, 15) is 4.79 Å². The first-order valence-electron chi connectivity index (χ1n) is 11.3. The van der Waals surface area contributed by atoms with Crippen LogP contribution in [0.25, 0.3) is 0 Å². The van der Waals surface area contributed by atoms with Crippen molar-refractivity contribution >= 4 is 23.6 Å². The Morgan fingerprint density at radius 3 is 1.07 bits per heavy atom. The number of urea groups is 1. The normalized spacial score (nSPS) is 12.2. The molecule has 0 aromatic rings. The molecule has 9 nitrogen and oxygen atoms in total. The first kappa shape index (κ1) is 29.5. The van der Waals surface area contributed by atoms with Crippen LogP contribution in [0.5, 0.6) is 0 Å². The smallest absolute Gasteiger partial charge is 0.374 e. The highest BCUT2D eigenvalue weighted by Gasteiger charge is 2.40. The van der Waals surface area contributed by atoms with Crippen LogP contribution in [0.1, 0.15) is 54.4 Å². The first-order valence-corrected chi connectivity index (χ1v) is 15.2. The second-order valence-electron chi connectivity index (χ2n) is 6.35. The van der Waals surface area contributed by atoms with Crippen LogP contribution >= 0.6 is 0 Å². The maximum atomic E-state index is 12.1. The van der Waals surface area contributed by atoms with Gasteiger partial charge in [0.2, 0.25) is 0 Å². The highest BCUT2D eigenvalue weighted by molar-refractivity contribution is 6.61. The zero-order chi connectivity index (χ0) is 22.7. The fraction of sp³-hybridized carbons (Fsp3) is 0.947. The van der Waals surface area contributed by atoms with Crippen LogP contribution in [-0.4, -0.2) is 76.4 Å². The zero-order valence-electron chi connectivity index (χ0n) is 19.8. The molecule has 180 valence electrons. The molecule has 0 fully saturated rings. The number of carbonyl (C=O) groups is 1. The molecule has 0 radical (unpaired) electrons. The highest BCUT2D eigenvalue weighted by atomic mass is 28.4. The summed E-state index contributed by atoms with van der Waals surface area (Å²) in [6.45, 7) is 16.0. The molecule has 0 saturated carbocycles. The SMILES string of the molecule is CCO[Si](CCCNC(=O)NCCC[Si](OCC)(OCC)OCC)(OCC)OCC. The van der Waals surface area contributed by atoms with E-state index in [0.717, 1.165) is 12.8 Å². The summed E-state index contributed by atoms with van der Waals surface area (Å²) in [6, 6.07) is 1.16. The quantitative estimate of drug-likeness (QED) is 0.209. The van der Waals surface area contributed by atoms with Crippen molar-refractivity contribution in [3.63, 3.8) is 0 Å². The molecule has 0 saturated heterocycles. The van der Waals surface area contributed by atoms with Gasteiger partial charge in [-0.05, 0) is 54.4 Å². The summed E-state index contributed by atoms with van der Waals surface area (Å²) in [4.78, 5) is 12.1. The Labute approximate surface area is 185 Å².